The maximum absolute atomic E-state index is 2.48. The van der Waals surface area contributed by atoms with Gasteiger partial charge in [-0.3, -0.25) is 0 Å². The predicted octanol–water partition coefficient (Wildman–Crippen LogP) is 12.4. The lowest BCUT2D eigenvalue weighted by molar-refractivity contribution is 0.745. The fourth-order valence-corrected chi connectivity index (χ4v) is 7.51. The van der Waals surface area contributed by atoms with Gasteiger partial charge in [-0.2, -0.15) is 0 Å². The molecule has 2 nitrogen and oxygen atoms in total. The van der Waals surface area contributed by atoms with Crippen molar-refractivity contribution >= 4 is 39.2 Å². The van der Waals surface area contributed by atoms with Crippen molar-refractivity contribution in [2.24, 2.45) is 0 Å². The first-order chi connectivity index (χ1) is 23.8. The molecule has 2 aliphatic rings. The summed E-state index contributed by atoms with van der Waals surface area (Å²) in [7, 11) is 0. The van der Waals surface area contributed by atoms with Crippen molar-refractivity contribution in [1.82, 2.24) is 0 Å². The van der Waals surface area contributed by atoms with Gasteiger partial charge in [-0.25, -0.2) is 0 Å². The molecular weight excluding hydrogens is 581 g/mol. The molecule has 7 aromatic rings. The maximum atomic E-state index is 2.48. The van der Waals surface area contributed by atoms with Gasteiger partial charge in [0.25, 0.3) is 0 Å². The Kier molecular flexibility index (Phi) is 6.98. The number of fused-ring (bicyclic) bond motifs is 4. The van der Waals surface area contributed by atoms with Crippen molar-refractivity contribution < 1.29 is 0 Å². The van der Waals surface area contributed by atoms with E-state index >= 15 is 0 Å². The Bertz CT molecular complexity index is 2300. The number of para-hydroxylation sites is 2. The molecule has 48 heavy (non-hydrogen) atoms. The molecular formula is C46H34N2. The smallest absolute Gasteiger partial charge is 0.0629 e. The number of anilines is 5. The highest BCUT2D eigenvalue weighted by molar-refractivity contribution is 5.92. The second-order valence-electron chi connectivity index (χ2n) is 12.6. The molecule has 0 spiro atoms. The molecule has 0 radical (unpaired) electrons. The third-order valence-electron chi connectivity index (χ3n) is 9.78. The van der Waals surface area contributed by atoms with Crippen LogP contribution in [0.3, 0.4) is 0 Å². The van der Waals surface area contributed by atoms with Crippen molar-refractivity contribution in [2.45, 2.75) is 12.0 Å². The Morgan fingerprint density at radius 2 is 1.02 bits per heavy atom. The van der Waals surface area contributed by atoms with Crippen LogP contribution in [0.1, 0.15) is 11.5 Å². The third kappa shape index (κ3) is 4.90. The summed E-state index contributed by atoms with van der Waals surface area (Å²) >= 11 is 0. The Labute approximate surface area is 282 Å². The summed E-state index contributed by atoms with van der Waals surface area (Å²) in [5, 5.41) is 2.51. The summed E-state index contributed by atoms with van der Waals surface area (Å²) in [5.41, 5.74) is 12.1. The molecule has 2 unspecified atom stereocenters. The lowest BCUT2D eigenvalue weighted by Crippen LogP contribution is -2.28. The van der Waals surface area contributed by atoms with Crippen LogP contribution >= 0.6 is 0 Å². The van der Waals surface area contributed by atoms with Gasteiger partial charge in [-0.05, 0) is 99.3 Å². The summed E-state index contributed by atoms with van der Waals surface area (Å²) < 4.78 is 0. The standard InChI is InChI=1S/C46H34N2/c1-2-14-37(15-3-1)47(39-28-30-40(31-29-39)48-45-20-10-8-18-43(45)44-19-9-11-21-46(44)48)38-26-24-34(25-27-38)41-16-6-7-17-42(41)36-23-22-33-12-4-5-13-35(33)32-36/h1-32,43,45H. The molecule has 0 aromatic heterocycles. The van der Waals surface area contributed by atoms with Crippen molar-refractivity contribution in [3.05, 3.63) is 200 Å². The maximum Gasteiger partial charge on any atom is 0.0629 e. The Morgan fingerprint density at radius 3 is 1.81 bits per heavy atom. The number of rotatable bonds is 6. The van der Waals surface area contributed by atoms with E-state index in [9.17, 15) is 0 Å². The van der Waals surface area contributed by atoms with Gasteiger partial charge >= 0.3 is 0 Å². The molecule has 0 N–H and O–H groups in total. The van der Waals surface area contributed by atoms with Gasteiger partial charge in [0.2, 0.25) is 0 Å². The van der Waals surface area contributed by atoms with E-state index in [1.807, 2.05) is 0 Å². The van der Waals surface area contributed by atoms with Gasteiger partial charge in [0.15, 0.2) is 0 Å². The van der Waals surface area contributed by atoms with Crippen LogP contribution in [0.5, 0.6) is 0 Å². The molecule has 1 aliphatic carbocycles. The molecule has 1 aliphatic heterocycles. The Morgan fingerprint density at radius 1 is 0.438 bits per heavy atom. The lowest BCUT2D eigenvalue weighted by atomic mass is 9.91. The molecule has 0 bridgehead atoms. The van der Waals surface area contributed by atoms with Gasteiger partial charge in [0, 0.05) is 34.4 Å². The van der Waals surface area contributed by atoms with Gasteiger partial charge in [-0.1, -0.05) is 133 Å². The van der Waals surface area contributed by atoms with Gasteiger partial charge in [0.05, 0.1) is 6.04 Å². The van der Waals surface area contributed by atoms with Crippen LogP contribution in [0, 0.1) is 0 Å². The molecule has 2 heteroatoms. The first-order valence-corrected chi connectivity index (χ1v) is 16.7. The van der Waals surface area contributed by atoms with E-state index in [4.69, 9.17) is 0 Å². The zero-order valence-electron chi connectivity index (χ0n) is 26.5. The van der Waals surface area contributed by atoms with Crippen LogP contribution in [-0.4, -0.2) is 6.04 Å². The largest absolute Gasteiger partial charge is 0.333 e. The monoisotopic (exact) mass is 614 g/mol. The second-order valence-corrected chi connectivity index (χ2v) is 12.6. The number of allylic oxidation sites excluding steroid dienone is 2. The summed E-state index contributed by atoms with van der Waals surface area (Å²) in [4.78, 5) is 4.82. The van der Waals surface area contributed by atoms with E-state index in [2.05, 4.69) is 204 Å². The molecule has 9 rings (SSSR count). The zero-order valence-corrected chi connectivity index (χ0v) is 26.5. The molecule has 0 saturated carbocycles. The van der Waals surface area contributed by atoms with Crippen LogP contribution in [0.2, 0.25) is 0 Å². The van der Waals surface area contributed by atoms with E-state index in [-0.39, 0.29) is 6.04 Å². The highest BCUT2D eigenvalue weighted by Crippen LogP contribution is 2.48. The molecule has 0 amide bonds. The minimum absolute atomic E-state index is 0.286. The number of hydrogen-bond acceptors (Lipinski definition) is 2. The number of nitrogens with zero attached hydrogens (tertiary/aromatic N) is 2. The van der Waals surface area contributed by atoms with Crippen LogP contribution in [0.25, 0.3) is 33.0 Å². The Balaban J connectivity index is 1.07. The fourth-order valence-electron chi connectivity index (χ4n) is 7.51. The summed E-state index contributed by atoms with van der Waals surface area (Å²) in [5.74, 6) is 0.372. The number of hydrogen-bond donors (Lipinski definition) is 0. The molecule has 2 atom stereocenters. The summed E-state index contributed by atoms with van der Waals surface area (Å²) in [6.07, 6.45) is 9.01. The molecule has 0 fully saturated rings. The third-order valence-corrected chi connectivity index (χ3v) is 9.78. The quantitative estimate of drug-likeness (QED) is 0.184. The Hall–Kier alpha value is -6.12. The van der Waals surface area contributed by atoms with Crippen molar-refractivity contribution in [2.75, 3.05) is 9.80 Å². The van der Waals surface area contributed by atoms with Gasteiger partial charge in [0.1, 0.15) is 0 Å². The van der Waals surface area contributed by atoms with Crippen molar-refractivity contribution in [1.29, 1.82) is 0 Å². The molecule has 228 valence electrons. The second kappa shape index (κ2) is 11.9. The highest BCUT2D eigenvalue weighted by Gasteiger charge is 2.37. The van der Waals surface area contributed by atoms with Crippen molar-refractivity contribution in [3.8, 4) is 22.3 Å². The van der Waals surface area contributed by atoms with Crippen LogP contribution in [-0.2, 0) is 0 Å². The fraction of sp³-hybridized carbons (Fsp3) is 0.0435. The normalized spacial score (nSPS) is 16.1. The molecule has 0 saturated heterocycles. The van der Waals surface area contributed by atoms with E-state index in [1.165, 1.54) is 50.0 Å². The number of benzene rings is 7. The van der Waals surface area contributed by atoms with Crippen LogP contribution in [0.4, 0.5) is 28.4 Å². The van der Waals surface area contributed by atoms with Crippen LogP contribution < -0.4 is 9.80 Å². The lowest BCUT2D eigenvalue weighted by Gasteiger charge is -2.30. The van der Waals surface area contributed by atoms with Gasteiger partial charge < -0.3 is 9.80 Å². The van der Waals surface area contributed by atoms with Crippen molar-refractivity contribution in [3.63, 3.8) is 0 Å². The SMILES string of the molecule is C1=CC2c3ccccc3N(c3ccc(N(c4ccccc4)c4ccc(-c5ccccc5-c5ccc6ccccc6c5)cc4)cc3)C2C=C1. The van der Waals surface area contributed by atoms with Crippen LogP contribution in [0.15, 0.2) is 194 Å². The summed E-state index contributed by atoms with van der Waals surface area (Å²) in [6, 6.07) is 61.8. The van der Waals surface area contributed by atoms with E-state index in [0.29, 0.717) is 5.92 Å². The molecule has 7 aromatic carbocycles. The highest BCUT2D eigenvalue weighted by atomic mass is 15.2. The zero-order chi connectivity index (χ0) is 31.9. The van der Waals surface area contributed by atoms with Gasteiger partial charge in [-0.15, -0.1) is 0 Å². The first kappa shape index (κ1) is 28.1. The van der Waals surface area contributed by atoms with E-state index in [0.717, 1.165) is 17.1 Å². The summed E-state index contributed by atoms with van der Waals surface area (Å²) in [6.45, 7) is 0. The van der Waals surface area contributed by atoms with E-state index in [1.54, 1.807) is 0 Å². The predicted molar refractivity (Wildman–Crippen MR) is 203 cm³/mol. The topological polar surface area (TPSA) is 6.48 Å². The molecule has 1 heterocycles. The average molecular weight is 615 g/mol. The first-order valence-electron chi connectivity index (χ1n) is 16.7. The minimum Gasteiger partial charge on any atom is -0.333 e. The minimum atomic E-state index is 0.286. The van der Waals surface area contributed by atoms with E-state index < -0.39 is 0 Å². The average Bonchev–Trinajstić information content (AvgIpc) is 3.50.